The van der Waals surface area contributed by atoms with Crippen molar-refractivity contribution in [3.63, 3.8) is 0 Å². The Morgan fingerprint density at radius 1 is 1.13 bits per heavy atom. The highest BCUT2D eigenvalue weighted by molar-refractivity contribution is 5.83. The van der Waals surface area contributed by atoms with Crippen LogP contribution in [0.3, 0.4) is 0 Å². The fourth-order valence-electron chi connectivity index (χ4n) is 3.82. The average Bonchev–Trinajstić information content (AvgIpc) is 3.13. The molecule has 30 heavy (non-hydrogen) atoms. The van der Waals surface area contributed by atoms with Gasteiger partial charge in [-0.05, 0) is 62.1 Å². The van der Waals surface area contributed by atoms with Crippen molar-refractivity contribution in [3.05, 3.63) is 75.3 Å². The minimum atomic E-state index is -0.141. The molecule has 0 bridgehead atoms. The van der Waals surface area contributed by atoms with Crippen LogP contribution in [0.4, 0.5) is 0 Å². The number of hydrogen-bond donors (Lipinski definition) is 2. The van der Waals surface area contributed by atoms with Crippen LogP contribution in [0.25, 0.3) is 21.9 Å². The van der Waals surface area contributed by atoms with Crippen LogP contribution in [-0.2, 0) is 17.8 Å². The lowest BCUT2D eigenvalue weighted by atomic mass is 10.1. The van der Waals surface area contributed by atoms with E-state index in [-0.39, 0.29) is 17.9 Å². The minimum Gasteiger partial charge on any atom is -0.361 e. The summed E-state index contributed by atoms with van der Waals surface area (Å²) in [6.45, 7) is 6.65. The van der Waals surface area contributed by atoms with Gasteiger partial charge in [0.2, 0.25) is 5.91 Å². The first-order valence-electron chi connectivity index (χ1n) is 10.2. The molecule has 1 amide bonds. The molecule has 2 heterocycles. The molecule has 154 valence electrons. The number of rotatable bonds is 6. The van der Waals surface area contributed by atoms with Gasteiger partial charge in [0, 0.05) is 36.6 Å². The van der Waals surface area contributed by atoms with E-state index in [1.807, 2.05) is 50.4 Å². The summed E-state index contributed by atoms with van der Waals surface area (Å²) in [5.41, 5.74) is 6.39. The summed E-state index contributed by atoms with van der Waals surface area (Å²) in [6.07, 6.45) is 3.00. The number of H-pyrrole nitrogens is 1. The van der Waals surface area contributed by atoms with Crippen LogP contribution in [0, 0.1) is 20.8 Å². The number of carbonyl (C=O) groups excluding carboxylic acids is 1. The lowest BCUT2D eigenvalue weighted by Crippen LogP contribution is -2.30. The Morgan fingerprint density at radius 2 is 1.90 bits per heavy atom. The van der Waals surface area contributed by atoms with Crippen molar-refractivity contribution in [1.82, 2.24) is 19.9 Å². The Bertz CT molecular complexity index is 1300. The van der Waals surface area contributed by atoms with Crippen molar-refractivity contribution in [2.24, 2.45) is 0 Å². The quantitative estimate of drug-likeness (QED) is 0.518. The van der Waals surface area contributed by atoms with Gasteiger partial charge in [-0.25, -0.2) is 4.98 Å². The second-order valence-corrected chi connectivity index (χ2v) is 7.79. The average molecular weight is 402 g/mol. The summed E-state index contributed by atoms with van der Waals surface area (Å²) in [4.78, 5) is 32.7. The van der Waals surface area contributed by atoms with E-state index < -0.39 is 0 Å². The van der Waals surface area contributed by atoms with Gasteiger partial charge in [-0.3, -0.25) is 9.59 Å². The van der Waals surface area contributed by atoms with E-state index in [1.54, 1.807) is 11.5 Å². The Labute approximate surface area is 175 Å². The molecule has 0 radical (unpaired) electrons. The van der Waals surface area contributed by atoms with Gasteiger partial charge < -0.3 is 14.9 Å². The van der Waals surface area contributed by atoms with Gasteiger partial charge in [-0.15, -0.1) is 0 Å². The number of carbonyl (C=O) groups is 1. The van der Waals surface area contributed by atoms with Crippen molar-refractivity contribution in [1.29, 1.82) is 0 Å². The standard InChI is InChI=1S/C24H26N4O2/c1-15-12-21-22(13-16(15)2)28(24(30)17(3)27-21)11-9-23(29)25-10-8-18-14-26-20-7-5-4-6-19(18)20/h4-7,12-14,26H,8-11H2,1-3H3,(H,25,29). The number of aryl methyl sites for hydroxylation is 4. The summed E-state index contributed by atoms with van der Waals surface area (Å²) in [6, 6.07) is 12.1. The fraction of sp³-hybridized carbons (Fsp3) is 0.292. The van der Waals surface area contributed by atoms with E-state index in [2.05, 4.69) is 21.4 Å². The molecule has 4 rings (SSSR count). The van der Waals surface area contributed by atoms with Gasteiger partial charge in [0.25, 0.3) is 5.56 Å². The summed E-state index contributed by atoms with van der Waals surface area (Å²) < 4.78 is 1.67. The van der Waals surface area contributed by atoms with Crippen LogP contribution in [0.15, 0.2) is 47.4 Å². The Morgan fingerprint density at radius 3 is 2.73 bits per heavy atom. The number of fused-ring (bicyclic) bond motifs is 2. The Hall–Kier alpha value is -3.41. The van der Waals surface area contributed by atoms with Crippen LogP contribution < -0.4 is 10.9 Å². The number of hydrogen-bond acceptors (Lipinski definition) is 3. The second kappa shape index (κ2) is 8.14. The zero-order valence-corrected chi connectivity index (χ0v) is 17.6. The first-order chi connectivity index (χ1) is 14.4. The van der Waals surface area contributed by atoms with E-state index >= 15 is 0 Å². The third-order valence-electron chi connectivity index (χ3n) is 5.68. The summed E-state index contributed by atoms with van der Waals surface area (Å²) in [5, 5.41) is 4.16. The minimum absolute atomic E-state index is 0.0619. The van der Waals surface area contributed by atoms with Gasteiger partial charge in [-0.1, -0.05) is 18.2 Å². The van der Waals surface area contributed by atoms with Crippen LogP contribution >= 0.6 is 0 Å². The molecular weight excluding hydrogens is 376 g/mol. The summed E-state index contributed by atoms with van der Waals surface area (Å²) in [5.74, 6) is -0.0619. The van der Waals surface area contributed by atoms with Gasteiger partial charge in [0.05, 0.1) is 11.0 Å². The highest BCUT2D eigenvalue weighted by Crippen LogP contribution is 2.18. The maximum Gasteiger partial charge on any atom is 0.272 e. The third-order valence-corrected chi connectivity index (χ3v) is 5.68. The maximum atomic E-state index is 12.7. The number of amides is 1. The third kappa shape index (κ3) is 3.85. The molecule has 4 aromatic rings. The lowest BCUT2D eigenvalue weighted by molar-refractivity contribution is -0.121. The molecular formula is C24H26N4O2. The van der Waals surface area contributed by atoms with Gasteiger partial charge >= 0.3 is 0 Å². The van der Waals surface area contributed by atoms with E-state index in [0.29, 0.717) is 18.8 Å². The largest absolute Gasteiger partial charge is 0.361 e. The van der Waals surface area contributed by atoms with E-state index in [0.717, 1.165) is 34.1 Å². The van der Waals surface area contributed by atoms with E-state index in [9.17, 15) is 9.59 Å². The van der Waals surface area contributed by atoms with E-state index in [4.69, 9.17) is 0 Å². The molecule has 6 heteroatoms. The number of aromatic amines is 1. The lowest BCUT2D eigenvalue weighted by Gasteiger charge is -2.13. The first-order valence-corrected chi connectivity index (χ1v) is 10.2. The molecule has 2 aromatic heterocycles. The van der Waals surface area contributed by atoms with Crippen molar-refractivity contribution in [3.8, 4) is 0 Å². The van der Waals surface area contributed by atoms with Crippen LogP contribution in [0.5, 0.6) is 0 Å². The van der Waals surface area contributed by atoms with E-state index in [1.165, 1.54) is 10.9 Å². The normalized spacial score (nSPS) is 11.3. The Balaban J connectivity index is 1.42. The molecule has 0 aliphatic rings. The predicted molar refractivity (Wildman–Crippen MR) is 120 cm³/mol. The SMILES string of the molecule is Cc1cc2nc(C)c(=O)n(CCC(=O)NCCc3c[nH]c4ccccc34)c2cc1C. The molecule has 0 saturated carbocycles. The van der Waals surface area contributed by atoms with Crippen molar-refractivity contribution in [2.75, 3.05) is 6.54 Å². The number of nitrogens with one attached hydrogen (secondary N) is 2. The van der Waals surface area contributed by atoms with Gasteiger partial charge in [0.15, 0.2) is 0 Å². The molecule has 0 saturated heterocycles. The molecule has 0 unspecified atom stereocenters. The maximum absolute atomic E-state index is 12.7. The van der Waals surface area contributed by atoms with Crippen molar-refractivity contribution in [2.45, 2.75) is 40.2 Å². The fourth-order valence-corrected chi connectivity index (χ4v) is 3.82. The highest BCUT2D eigenvalue weighted by atomic mass is 16.1. The molecule has 0 aliphatic heterocycles. The molecule has 0 spiro atoms. The highest BCUT2D eigenvalue weighted by Gasteiger charge is 2.11. The summed E-state index contributed by atoms with van der Waals surface area (Å²) in [7, 11) is 0. The Kier molecular flexibility index (Phi) is 5.40. The molecule has 2 aromatic carbocycles. The van der Waals surface area contributed by atoms with Crippen LogP contribution in [0.2, 0.25) is 0 Å². The predicted octanol–water partition coefficient (Wildman–Crippen LogP) is 3.55. The second-order valence-electron chi connectivity index (χ2n) is 7.79. The first kappa shape index (κ1) is 19.9. The number of para-hydroxylation sites is 1. The number of benzene rings is 2. The molecule has 2 N–H and O–H groups in total. The zero-order chi connectivity index (χ0) is 21.3. The molecule has 6 nitrogen and oxygen atoms in total. The zero-order valence-electron chi connectivity index (χ0n) is 17.6. The van der Waals surface area contributed by atoms with Crippen LogP contribution in [-0.4, -0.2) is 27.0 Å². The summed E-state index contributed by atoms with van der Waals surface area (Å²) >= 11 is 0. The van der Waals surface area contributed by atoms with Crippen LogP contribution in [0.1, 0.15) is 28.8 Å². The molecule has 0 aliphatic carbocycles. The van der Waals surface area contributed by atoms with Crippen molar-refractivity contribution < 1.29 is 4.79 Å². The van der Waals surface area contributed by atoms with Gasteiger partial charge in [0.1, 0.15) is 5.69 Å². The molecule has 0 atom stereocenters. The van der Waals surface area contributed by atoms with Crippen molar-refractivity contribution >= 4 is 27.8 Å². The smallest absolute Gasteiger partial charge is 0.272 e. The number of nitrogens with zero attached hydrogens (tertiary/aromatic N) is 2. The monoisotopic (exact) mass is 402 g/mol. The number of aromatic nitrogens is 3. The van der Waals surface area contributed by atoms with Gasteiger partial charge in [-0.2, -0.15) is 0 Å². The molecule has 0 fully saturated rings. The topological polar surface area (TPSA) is 79.8 Å².